The normalized spacial score (nSPS) is 12.9. The van der Waals surface area contributed by atoms with Crippen molar-refractivity contribution in [3.63, 3.8) is 0 Å². The average Bonchev–Trinajstić information content (AvgIpc) is 3.50. The van der Waals surface area contributed by atoms with Crippen LogP contribution in [0.1, 0.15) is 329 Å². The highest BCUT2D eigenvalue weighted by molar-refractivity contribution is 5.71. The Morgan fingerprint density at radius 3 is 0.747 bits per heavy atom. The second-order valence-electron chi connectivity index (χ2n) is 23.1. The number of carbonyl (C=O) groups excluding carboxylic acids is 3. The van der Waals surface area contributed by atoms with Gasteiger partial charge in [0.2, 0.25) is 0 Å². The molecule has 0 aliphatic rings. The van der Waals surface area contributed by atoms with Crippen LogP contribution in [0.15, 0.2) is 122 Å². The molecule has 0 saturated carbocycles. The summed E-state index contributed by atoms with van der Waals surface area (Å²) in [5.74, 6) is -0.923. The first-order valence-electron chi connectivity index (χ1n) is 35.0. The molecule has 0 radical (unpaired) electrons. The third-order valence-corrected chi connectivity index (χ3v) is 15.0. The van der Waals surface area contributed by atoms with Crippen LogP contribution >= 0.6 is 0 Å². The smallest absolute Gasteiger partial charge is 0.306 e. The van der Waals surface area contributed by atoms with E-state index in [0.717, 1.165) is 122 Å². The van der Waals surface area contributed by atoms with Crippen molar-refractivity contribution in [2.24, 2.45) is 0 Å². The van der Waals surface area contributed by atoms with Crippen LogP contribution in [-0.4, -0.2) is 37.2 Å². The Morgan fingerprint density at radius 1 is 0.253 bits per heavy atom. The van der Waals surface area contributed by atoms with Crippen molar-refractivity contribution in [2.45, 2.75) is 335 Å². The van der Waals surface area contributed by atoms with Crippen LogP contribution in [-0.2, 0) is 28.6 Å². The van der Waals surface area contributed by atoms with E-state index in [1.807, 2.05) is 0 Å². The molecular formula is C77H130O6. The molecule has 6 nitrogen and oxygen atoms in total. The minimum absolute atomic E-state index is 0.0909. The van der Waals surface area contributed by atoms with Crippen LogP contribution < -0.4 is 0 Å². The summed E-state index contributed by atoms with van der Waals surface area (Å²) >= 11 is 0. The number of rotatable bonds is 63. The van der Waals surface area contributed by atoms with Gasteiger partial charge in [0, 0.05) is 19.3 Å². The monoisotopic (exact) mass is 1150 g/mol. The SMILES string of the molecule is CC/C=C\C/C=C\C/C=C\C/C=C\C/C=C\C/C=C\C/C=C\CCCCCC(=O)OC(COC(=O)CCCCCCCCC)COC(=O)CCCCCCCCCCCCCCCCCCCC/C=C\C/C=C\C/C=C\CCCCCCC. The summed E-state index contributed by atoms with van der Waals surface area (Å²) in [5.41, 5.74) is 0. The van der Waals surface area contributed by atoms with Crippen molar-refractivity contribution >= 4 is 17.9 Å². The Kier molecular flexibility index (Phi) is 66.7. The van der Waals surface area contributed by atoms with Gasteiger partial charge in [-0.1, -0.05) is 316 Å². The number of allylic oxidation sites excluding steroid dienone is 20. The van der Waals surface area contributed by atoms with Crippen molar-refractivity contribution < 1.29 is 28.6 Å². The van der Waals surface area contributed by atoms with Gasteiger partial charge in [0.1, 0.15) is 13.2 Å². The number of hydrogen-bond donors (Lipinski definition) is 0. The van der Waals surface area contributed by atoms with Crippen molar-refractivity contribution in [3.05, 3.63) is 122 Å². The van der Waals surface area contributed by atoms with Crippen LogP contribution in [0.4, 0.5) is 0 Å². The Hall–Kier alpha value is -4.19. The molecule has 0 rings (SSSR count). The Bertz CT molecular complexity index is 1700. The largest absolute Gasteiger partial charge is 0.462 e. The molecule has 83 heavy (non-hydrogen) atoms. The summed E-state index contributed by atoms with van der Waals surface area (Å²) in [4.78, 5) is 38.2. The second kappa shape index (κ2) is 70.3. The molecular weight excluding hydrogens is 1020 g/mol. The molecule has 0 aromatic heterocycles. The zero-order valence-corrected chi connectivity index (χ0v) is 54.4. The summed E-state index contributed by atoms with van der Waals surface area (Å²) in [5, 5.41) is 0. The zero-order chi connectivity index (χ0) is 59.9. The Morgan fingerprint density at radius 2 is 0.470 bits per heavy atom. The summed E-state index contributed by atoms with van der Waals surface area (Å²) < 4.78 is 16.8. The number of esters is 3. The van der Waals surface area contributed by atoms with Gasteiger partial charge in [0.25, 0.3) is 0 Å². The van der Waals surface area contributed by atoms with E-state index >= 15 is 0 Å². The van der Waals surface area contributed by atoms with Crippen LogP contribution in [0.5, 0.6) is 0 Å². The lowest BCUT2D eigenvalue weighted by Gasteiger charge is -2.18. The van der Waals surface area contributed by atoms with Crippen LogP contribution in [0.3, 0.4) is 0 Å². The molecule has 0 saturated heterocycles. The molecule has 0 aliphatic heterocycles. The van der Waals surface area contributed by atoms with E-state index in [9.17, 15) is 14.4 Å². The lowest BCUT2D eigenvalue weighted by molar-refractivity contribution is -0.167. The molecule has 0 bridgehead atoms. The number of unbranched alkanes of at least 4 members (excludes halogenated alkanes) is 32. The first-order chi connectivity index (χ1) is 41.0. The molecule has 0 aliphatic carbocycles. The van der Waals surface area contributed by atoms with Gasteiger partial charge in [-0.2, -0.15) is 0 Å². The fraction of sp³-hybridized carbons (Fsp3) is 0.701. The highest BCUT2D eigenvalue weighted by Gasteiger charge is 2.19. The molecule has 474 valence electrons. The maximum absolute atomic E-state index is 12.9. The predicted molar refractivity (Wildman–Crippen MR) is 362 cm³/mol. The van der Waals surface area contributed by atoms with Gasteiger partial charge in [0.15, 0.2) is 6.10 Å². The number of hydrogen-bond acceptors (Lipinski definition) is 6. The maximum Gasteiger partial charge on any atom is 0.306 e. The molecule has 0 spiro atoms. The Balaban J connectivity index is 4.12. The van der Waals surface area contributed by atoms with Crippen LogP contribution in [0, 0.1) is 0 Å². The summed E-state index contributed by atoms with van der Waals surface area (Å²) in [6.07, 6.45) is 98.3. The first kappa shape index (κ1) is 78.8. The molecule has 0 amide bonds. The molecule has 0 heterocycles. The van der Waals surface area contributed by atoms with E-state index in [4.69, 9.17) is 14.2 Å². The highest BCUT2D eigenvalue weighted by Crippen LogP contribution is 2.17. The van der Waals surface area contributed by atoms with Gasteiger partial charge >= 0.3 is 17.9 Å². The van der Waals surface area contributed by atoms with Crippen LogP contribution in [0.25, 0.3) is 0 Å². The second-order valence-corrected chi connectivity index (χ2v) is 23.1. The van der Waals surface area contributed by atoms with Gasteiger partial charge in [-0.05, 0) is 116 Å². The minimum Gasteiger partial charge on any atom is -0.462 e. The van der Waals surface area contributed by atoms with E-state index in [2.05, 4.69) is 142 Å². The Labute approximate surface area is 513 Å². The minimum atomic E-state index is -0.796. The molecule has 0 aromatic rings. The van der Waals surface area contributed by atoms with Gasteiger partial charge < -0.3 is 14.2 Å². The van der Waals surface area contributed by atoms with Gasteiger partial charge in [-0.3, -0.25) is 14.4 Å². The molecule has 6 heteroatoms. The lowest BCUT2D eigenvalue weighted by Crippen LogP contribution is -2.30. The van der Waals surface area contributed by atoms with E-state index in [-0.39, 0.29) is 37.5 Å². The average molecular weight is 1150 g/mol. The lowest BCUT2D eigenvalue weighted by atomic mass is 10.0. The topological polar surface area (TPSA) is 78.9 Å². The maximum atomic E-state index is 12.9. The molecule has 0 N–H and O–H groups in total. The van der Waals surface area contributed by atoms with Crippen molar-refractivity contribution in [2.75, 3.05) is 13.2 Å². The predicted octanol–water partition coefficient (Wildman–Crippen LogP) is 24.3. The fourth-order valence-electron chi connectivity index (χ4n) is 9.73. The van der Waals surface area contributed by atoms with E-state index < -0.39 is 6.10 Å². The summed E-state index contributed by atoms with van der Waals surface area (Å²) in [6, 6.07) is 0. The summed E-state index contributed by atoms with van der Waals surface area (Å²) in [7, 11) is 0. The third-order valence-electron chi connectivity index (χ3n) is 15.0. The van der Waals surface area contributed by atoms with E-state index in [0.29, 0.717) is 12.8 Å². The fourth-order valence-corrected chi connectivity index (χ4v) is 9.73. The van der Waals surface area contributed by atoms with Crippen LogP contribution in [0.2, 0.25) is 0 Å². The standard InChI is InChI=1S/C77H130O6/c1-4-7-10-13-16-18-20-22-24-26-28-30-32-34-35-36-37-38-39-40-41-43-44-46-48-50-52-54-56-58-61-64-67-70-76(79)82-73-74(72-81-75(78)69-66-63-60-15-12-9-6-3)83-77(80)71-68-65-62-59-57-55-53-51-49-47-45-42-33-31-29-27-25-23-21-19-17-14-11-8-5-2/h8,11,17,19-20,22-23,25-26,28-29,31-32,34,42,45,49,51,55,57,74H,4-7,9-10,12-16,18,21,24,27,30,33,35-41,43-44,46-48,50,52-54,56,58-73H2,1-3H3/b11-8-,19-17-,22-20-,25-23-,28-26-,31-29-,34-32-,45-42-,51-49-,57-55-. The van der Waals surface area contributed by atoms with E-state index in [1.54, 1.807) is 0 Å². The molecule has 1 atom stereocenters. The first-order valence-corrected chi connectivity index (χ1v) is 35.0. The molecule has 0 fully saturated rings. The molecule has 0 aromatic carbocycles. The number of carbonyl (C=O) groups is 3. The third kappa shape index (κ3) is 68.5. The van der Waals surface area contributed by atoms with Crippen molar-refractivity contribution in [1.29, 1.82) is 0 Å². The van der Waals surface area contributed by atoms with Gasteiger partial charge in [-0.25, -0.2) is 0 Å². The quantitative estimate of drug-likeness (QED) is 0.0261. The summed E-state index contributed by atoms with van der Waals surface area (Å²) in [6.45, 7) is 6.46. The zero-order valence-electron chi connectivity index (χ0n) is 54.4. The number of ether oxygens (including phenoxy) is 3. The van der Waals surface area contributed by atoms with Gasteiger partial charge in [-0.15, -0.1) is 0 Å². The highest BCUT2D eigenvalue weighted by atomic mass is 16.6. The van der Waals surface area contributed by atoms with E-state index in [1.165, 1.54) is 167 Å². The van der Waals surface area contributed by atoms with Crippen molar-refractivity contribution in [3.8, 4) is 0 Å². The molecule has 1 unspecified atom stereocenters. The van der Waals surface area contributed by atoms with Crippen molar-refractivity contribution in [1.82, 2.24) is 0 Å². The van der Waals surface area contributed by atoms with Gasteiger partial charge in [0.05, 0.1) is 0 Å².